The van der Waals surface area contributed by atoms with E-state index in [1.54, 1.807) is 11.3 Å². The molecule has 0 N–H and O–H groups in total. The van der Waals surface area contributed by atoms with Gasteiger partial charge in [-0.25, -0.2) is 0 Å². The van der Waals surface area contributed by atoms with Gasteiger partial charge in [-0.1, -0.05) is 6.92 Å². The number of nitrogens with zero attached hydrogens (tertiary/aromatic N) is 1. The Balaban J connectivity index is 2.02. The van der Waals surface area contributed by atoms with Gasteiger partial charge in [-0.2, -0.15) is 0 Å². The number of rotatable bonds is 4. The van der Waals surface area contributed by atoms with E-state index in [0.29, 0.717) is 11.8 Å². The molecule has 17 heavy (non-hydrogen) atoms. The van der Waals surface area contributed by atoms with Gasteiger partial charge in [0, 0.05) is 19.0 Å². The molecule has 0 saturated carbocycles. The molecule has 0 spiro atoms. The maximum absolute atomic E-state index is 12.3. The van der Waals surface area contributed by atoms with E-state index in [4.69, 9.17) is 11.6 Å². The van der Waals surface area contributed by atoms with Crippen molar-refractivity contribution in [3.05, 3.63) is 21.9 Å². The fourth-order valence-corrected chi connectivity index (χ4v) is 3.62. The first-order chi connectivity index (χ1) is 8.26. The summed E-state index contributed by atoms with van der Waals surface area (Å²) in [5.41, 5.74) is 1.18. The average molecular weight is 272 g/mol. The molecule has 1 atom stereocenters. The second-order valence-electron chi connectivity index (χ2n) is 4.51. The van der Waals surface area contributed by atoms with Crippen molar-refractivity contribution < 1.29 is 4.79 Å². The summed E-state index contributed by atoms with van der Waals surface area (Å²) in [5.74, 6) is 1.52. The van der Waals surface area contributed by atoms with E-state index < -0.39 is 0 Å². The Kier molecular flexibility index (Phi) is 4.46. The lowest BCUT2D eigenvalue weighted by Crippen LogP contribution is -2.28. The van der Waals surface area contributed by atoms with Crippen molar-refractivity contribution in [1.29, 1.82) is 0 Å². The Morgan fingerprint density at radius 3 is 3.18 bits per heavy atom. The molecule has 1 fully saturated rings. The average Bonchev–Trinajstić information content (AvgIpc) is 2.96. The number of thiophene rings is 1. The summed E-state index contributed by atoms with van der Waals surface area (Å²) in [6.45, 7) is 3.87. The van der Waals surface area contributed by atoms with E-state index in [0.717, 1.165) is 37.2 Å². The lowest BCUT2D eigenvalue weighted by Gasteiger charge is -2.16. The van der Waals surface area contributed by atoms with E-state index in [2.05, 4.69) is 13.0 Å². The van der Waals surface area contributed by atoms with Crippen molar-refractivity contribution in [2.75, 3.05) is 19.0 Å². The quantitative estimate of drug-likeness (QED) is 0.769. The first kappa shape index (κ1) is 12.9. The lowest BCUT2D eigenvalue weighted by molar-refractivity contribution is 0.0791. The van der Waals surface area contributed by atoms with Crippen LogP contribution in [-0.2, 0) is 6.42 Å². The summed E-state index contributed by atoms with van der Waals surface area (Å²) in [4.78, 5) is 15.3. The number of alkyl halides is 1. The Morgan fingerprint density at radius 2 is 2.47 bits per heavy atom. The zero-order valence-electron chi connectivity index (χ0n) is 10.1. The van der Waals surface area contributed by atoms with Gasteiger partial charge in [0.25, 0.3) is 5.91 Å². The van der Waals surface area contributed by atoms with E-state index in [1.165, 1.54) is 5.56 Å². The molecule has 1 aliphatic rings. The summed E-state index contributed by atoms with van der Waals surface area (Å²) in [6, 6.07) is 2.06. The van der Waals surface area contributed by atoms with Crippen LogP contribution in [0.25, 0.3) is 0 Å². The smallest absolute Gasteiger partial charge is 0.264 e. The van der Waals surface area contributed by atoms with Crippen molar-refractivity contribution in [2.45, 2.75) is 26.2 Å². The van der Waals surface area contributed by atoms with Crippen LogP contribution in [0.15, 0.2) is 11.4 Å². The number of amides is 1. The minimum absolute atomic E-state index is 0.217. The molecule has 0 aliphatic carbocycles. The molecule has 1 unspecified atom stereocenters. The monoisotopic (exact) mass is 271 g/mol. The van der Waals surface area contributed by atoms with Gasteiger partial charge in [-0.3, -0.25) is 4.79 Å². The summed E-state index contributed by atoms with van der Waals surface area (Å²) in [5, 5.41) is 2.01. The number of carbonyl (C=O) groups excluding carboxylic acids is 1. The Morgan fingerprint density at radius 1 is 1.65 bits per heavy atom. The first-order valence-corrected chi connectivity index (χ1v) is 7.59. The third-order valence-corrected chi connectivity index (χ3v) is 4.58. The molecular formula is C13H18ClNOS. The van der Waals surface area contributed by atoms with Gasteiger partial charge in [0.05, 0.1) is 4.88 Å². The number of aryl methyl sites for hydroxylation is 1. The summed E-state index contributed by atoms with van der Waals surface area (Å²) >= 11 is 7.32. The highest BCUT2D eigenvalue weighted by Gasteiger charge is 2.27. The van der Waals surface area contributed by atoms with E-state index in [9.17, 15) is 4.79 Å². The fraction of sp³-hybridized carbons (Fsp3) is 0.615. The van der Waals surface area contributed by atoms with Crippen LogP contribution in [0.4, 0.5) is 0 Å². The van der Waals surface area contributed by atoms with Crippen LogP contribution in [0.1, 0.15) is 35.0 Å². The molecule has 1 aromatic heterocycles. The largest absolute Gasteiger partial charge is 0.338 e. The first-order valence-electron chi connectivity index (χ1n) is 6.17. The molecule has 2 rings (SSSR count). The molecular weight excluding hydrogens is 254 g/mol. The van der Waals surface area contributed by atoms with Gasteiger partial charge in [0.15, 0.2) is 0 Å². The van der Waals surface area contributed by atoms with Crippen LogP contribution in [0.5, 0.6) is 0 Å². The van der Waals surface area contributed by atoms with Gasteiger partial charge < -0.3 is 4.90 Å². The van der Waals surface area contributed by atoms with Crippen LogP contribution in [-0.4, -0.2) is 29.8 Å². The van der Waals surface area contributed by atoms with Crippen LogP contribution in [0, 0.1) is 5.92 Å². The standard InChI is InChI=1S/C13H18ClNOS/c1-2-11-5-8-17-12(11)13(16)15-7-4-10(9-15)3-6-14/h5,8,10H,2-4,6-7,9H2,1H3. The van der Waals surface area contributed by atoms with Crippen molar-refractivity contribution in [1.82, 2.24) is 4.90 Å². The van der Waals surface area contributed by atoms with Crippen molar-refractivity contribution >= 4 is 28.8 Å². The molecule has 4 heteroatoms. The molecule has 94 valence electrons. The highest BCUT2D eigenvalue weighted by atomic mass is 35.5. The minimum Gasteiger partial charge on any atom is -0.338 e. The third kappa shape index (κ3) is 2.83. The van der Waals surface area contributed by atoms with Crippen molar-refractivity contribution in [2.24, 2.45) is 5.92 Å². The molecule has 1 aromatic rings. The summed E-state index contributed by atoms with van der Waals surface area (Å²) in [6.07, 6.45) is 3.06. The summed E-state index contributed by atoms with van der Waals surface area (Å²) < 4.78 is 0. The molecule has 1 saturated heterocycles. The molecule has 1 amide bonds. The Labute approximate surface area is 112 Å². The van der Waals surface area contributed by atoms with Crippen LogP contribution in [0.2, 0.25) is 0 Å². The molecule has 0 bridgehead atoms. The highest BCUT2D eigenvalue weighted by Crippen LogP contribution is 2.25. The predicted octanol–water partition coefficient (Wildman–Crippen LogP) is 3.40. The second-order valence-corrected chi connectivity index (χ2v) is 5.81. The van der Waals surface area contributed by atoms with Crippen LogP contribution >= 0.6 is 22.9 Å². The van der Waals surface area contributed by atoms with Crippen LogP contribution < -0.4 is 0 Å². The minimum atomic E-state index is 0.217. The number of hydrogen-bond acceptors (Lipinski definition) is 2. The fourth-order valence-electron chi connectivity index (χ4n) is 2.35. The highest BCUT2D eigenvalue weighted by molar-refractivity contribution is 7.12. The van der Waals surface area contributed by atoms with Crippen molar-refractivity contribution in [3.8, 4) is 0 Å². The number of hydrogen-bond donors (Lipinski definition) is 0. The van der Waals surface area contributed by atoms with Gasteiger partial charge in [0.1, 0.15) is 0 Å². The number of likely N-dealkylation sites (tertiary alicyclic amines) is 1. The zero-order valence-corrected chi connectivity index (χ0v) is 11.7. The second kappa shape index (κ2) is 5.87. The lowest BCUT2D eigenvalue weighted by atomic mass is 10.1. The normalized spacial score (nSPS) is 19.9. The van der Waals surface area contributed by atoms with Gasteiger partial charge >= 0.3 is 0 Å². The van der Waals surface area contributed by atoms with Gasteiger partial charge in [-0.05, 0) is 42.2 Å². The zero-order chi connectivity index (χ0) is 12.3. The predicted molar refractivity (Wildman–Crippen MR) is 73.0 cm³/mol. The molecule has 0 radical (unpaired) electrons. The van der Waals surface area contributed by atoms with E-state index in [1.807, 2.05) is 10.3 Å². The Bertz CT molecular complexity index is 391. The summed E-state index contributed by atoms with van der Waals surface area (Å²) in [7, 11) is 0. The molecule has 1 aliphatic heterocycles. The van der Waals surface area contributed by atoms with Gasteiger partial charge in [-0.15, -0.1) is 22.9 Å². The molecule has 2 heterocycles. The third-order valence-electron chi connectivity index (χ3n) is 3.41. The number of carbonyl (C=O) groups is 1. The van der Waals surface area contributed by atoms with Crippen LogP contribution in [0.3, 0.4) is 0 Å². The van der Waals surface area contributed by atoms with Gasteiger partial charge in [0.2, 0.25) is 0 Å². The Hall–Kier alpha value is -0.540. The topological polar surface area (TPSA) is 20.3 Å². The maximum Gasteiger partial charge on any atom is 0.264 e. The SMILES string of the molecule is CCc1ccsc1C(=O)N1CCC(CCCl)C1. The van der Waals surface area contributed by atoms with E-state index in [-0.39, 0.29) is 5.91 Å². The maximum atomic E-state index is 12.3. The number of halogens is 1. The molecule has 2 nitrogen and oxygen atoms in total. The van der Waals surface area contributed by atoms with Crippen molar-refractivity contribution in [3.63, 3.8) is 0 Å². The molecule has 0 aromatic carbocycles. The van der Waals surface area contributed by atoms with E-state index >= 15 is 0 Å².